The Balaban J connectivity index is 1.71. The Morgan fingerprint density at radius 3 is 2.35 bits per heavy atom. The zero-order valence-corrected chi connectivity index (χ0v) is 9.80. The highest BCUT2D eigenvalue weighted by molar-refractivity contribution is 6.29. The summed E-state index contributed by atoms with van der Waals surface area (Å²) in [4.78, 5) is 0. The number of ether oxygens (including phenoxy) is 2. The molecule has 17 heavy (non-hydrogen) atoms. The SMILES string of the molecule is Clc1ccc(OCCOc2ccccc2)nn1. The lowest BCUT2D eigenvalue weighted by atomic mass is 10.3. The van der Waals surface area contributed by atoms with Crippen molar-refractivity contribution >= 4 is 11.6 Å². The summed E-state index contributed by atoms with van der Waals surface area (Å²) in [6.07, 6.45) is 0. The molecule has 0 aliphatic rings. The van der Waals surface area contributed by atoms with Crippen molar-refractivity contribution in [2.75, 3.05) is 13.2 Å². The van der Waals surface area contributed by atoms with Crippen LogP contribution in [0.15, 0.2) is 42.5 Å². The molecule has 0 atom stereocenters. The maximum Gasteiger partial charge on any atom is 0.233 e. The van der Waals surface area contributed by atoms with Crippen molar-refractivity contribution < 1.29 is 9.47 Å². The molecule has 0 aliphatic heterocycles. The topological polar surface area (TPSA) is 44.2 Å². The number of nitrogens with zero attached hydrogens (tertiary/aromatic N) is 2. The first kappa shape index (κ1) is 11.7. The van der Waals surface area contributed by atoms with Gasteiger partial charge in [-0.3, -0.25) is 0 Å². The van der Waals surface area contributed by atoms with Gasteiger partial charge in [0.15, 0.2) is 5.15 Å². The average molecular weight is 251 g/mol. The lowest BCUT2D eigenvalue weighted by Crippen LogP contribution is -2.09. The van der Waals surface area contributed by atoms with Crippen molar-refractivity contribution in [3.05, 3.63) is 47.6 Å². The van der Waals surface area contributed by atoms with Crippen LogP contribution in [0.1, 0.15) is 0 Å². The second-order valence-corrected chi connectivity index (χ2v) is 3.59. The van der Waals surface area contributed by atoms with Gasteiger partial charge in [0.25, 0.3) is 0 Å². The molecular weight excluding hydrogens is 240 g/mol. The Morgan fingerprint density at radius 1 is 0.882 bits per heavy atom. The Morgan fingerprint density at radius 2 is 1.65 bits per heavy atom. The van der Waals surface area contributed by atoms with E-state index in [1.807, 2.05) is 30.3 Å². The molecule has 0 bridgehead atoms. The molecule has 0 N–H and O–H groups in total. The lowest BCUT2D eigenvalue weighted by Gasteiger charge is -2.06. The van der Waals surface area contributed by atoms with Crippen molar-refractivity contribution in [2.45, 2.75) is 0 Å². The summed E-state index contributed by atoms with van der Waals surface area (Å²) in [5.41, 5.74) is 0. The van der Waals surface area contributed by atoms with Crippen LogP contribution in [-0.4, -0.2) is 23.4 Å². The molecule has 0 unspecified atom stereocenters. The molecule has 88 valence electrons. The molecule has 0 aliphatic carbocycles. The number of rotatable bonds is 5. The standard InChI is InChI=1S/C12H11ClN2O2/c13-11-6-7-12(15-14-11)17-9-8-16-10-4-2-1-3-5-10/h1-7H,8-9H2. The second-order valence-electron chi connectivity index (χ2n) is 3.20. The molecule has 1 aromatic heterocycles. The molecule has 0 saturated heterocycles. The van der Waals surface area contributed by atoms with Crippen molar-refractivity contribution in [3.63, 3.8) is 0 Å². The van der Waals surface area contributed by atoms with Crippen LogP contribution in [0.3, 0.4) is 0 Å². The third-order valence-corrected chi connectivity index (χ3v) is 2.15. The van der Waals surface area contributed by atoms with Gasteiger partial charge in [-0.25, -0.2) is 0 Å². The first-order valence-electron chi connectivity index (χ1n) is 5.14. The Hall–Kier alpha value is -1.81. The van der Waals surface area contributed by atoms with Gasteiger partial charge in [0.2, 0.25) is 5.88 Å². The van der Waals surface area contributed by atoms with Gasteiger partial charge in [-0.05, 0) is 18.2 Å². The highest BCUT2D eigenvalue weighted by Crippen LogP contribution is 2.09. The minimum atomic E-state index is 0.345. The molecule has 4 nitrogen and oxygen atoms in total. The first-order chi connectivity index (χ1) is 8.34. The van der Waals surface area contributed by atoms with E-state index in [1.165, 1.54) is 0 Å². The normalized spacial score (nSPS) is 9.94. The van der Waals surface area contributed by atoms with Crippen molar-refractivity contribution in [3.8, 4) is 11.6 Å². The zero-order chi connectivity index (χ0) is 11.9. The Kier molecular flexibility index (Phi) is 4.16. The van der Waals surface area contributed by atoms with E-state index in [4.69, 9.17) is 21.1 Å². The van der Waals surface area contributed by atoms with E-state index in [9.17, 15) is 0 Å². The summed E-state index contributed by atoms with van der Waals surface area (Å²) in [7, 11) is 0. The quantitative estimate of drug-likeness (QED) is 0.765. The summed E-state index contributed by atoms with van der Waals surface area (Å²) in [5, 5.41) is 7.77. The third-order valence-electron chi connectivity index (χ3n) is 1.95. The van der Waals surface area contributed by atoms with Crippen LogP contribution in [0.5, 0.6) is 11.6 Å². The maximum absolute atomic E-state index is 5.60. The number of benzene rings is 1. The van der Waals surface area contributed by atoms with Crippen LogP contribution in [0.2, 0.25) is 5.15 Å². The van der Waals surface area contributed by atoms with Crippen LogP contribution < -0.4 is 9.47 Å². The van der Waals surface area contributed by atoms with E-state index in [0.717, 1.165) is 5.75 Å². The molecular formula is C12H11ClN2O2. The molecule has 2 rings (SSSR count). The predicted octanol–water partition coefficient (Wildman–Crippen LogP) is 2.59. The van der Waals surface area contributed by atoms with E-state index in [2.05, 4.69) is 10.2 Å². The van der Waals surface area contributed by atoms with Crippen molar-refractivity contribution in [2.24, 2.45) is 0 Å². The van der Waals surface area contributed by atoms with Crippen molar-refractivity contribution in [1.82, 2.24) is 10.2 Å². The highest BCUT2D eigenvalue weighted by atomic mass is 35.5. The third kappa shape index (κ3) is 3.92. The first-order valence-corrected chi connectivity index (χ1v) is 5.52. The van der Waals surface area contributed by atoms with E-state index in [-0.39, 0.29) is 0 Å². The van der Waals surface area contributed by atoms with Gasteiger partial charge in [0.1, 0.15) is 19.0 Å². The fourth-order valence-corrected chi connectivity index (χ4v) is 1.30. The number of aromatic nitrogens is 2. The largest absolute Gasteiger partial charge is 0.490 e. The molecule has 1 heterocycles. The molecule has 0 saturated carbocycles. The summed E-state index contributed by atoms with van der Waals surface area (Å²) >= 11 is 5.60. The summed E-state index contributed by atoms with van der Waals surface area (Å²) in [5.74, 6) is 1.25. The van der Waals surface area contributed by atoms with E-state index < -0.39 is 0 Å². The minimum absolute atomic E-state index is 0.345. The smallest absolute Gasteiger partial charge is 0.233 e. The van der Waals surface area contributed by atoms with Gasteiger partial charge in [0.05, 0.1) is 0 Å². The summed E-state index contributed by atoms with van der Waals surface area (Å²) in [6, 6.07) is 12.8. The molecule has 1 aromatic carbocycles. The van der Waals surface area contributed by atoms with Gasteiger partial charge in [-0.15, -0.1) is 10.2 Å². The van der Waals surface area contributed by atoms with Crippen LogP contribution in [0, 0.1) is 0 Å². The molecule has 0 fully saturated rings. The van der Waals surface area contributed by atoms with E-state index in [1.54, 1.807) is 12.1 Å². The molecule has 5 heteroatoms. The van der Waals surface area contributed by atoms with E-state index >= 15 is 0 Å². The highest BCUT2D eigenvalue weighted by Gasteiger charge is 1.97. The zero-order valence-electron chi connectivity index (χ0n) is 9.04. The minimum Gasteiger partial charge on any atom is -0.490 e. The van der Waals surface area contributed by atoms with Gasteiger partial charge >= 0.3 is 0 Å². The number of hydrogen-bond acceptors (Lipinski definition) is 4. The Bertz CT molecular complexity index is 448. The molecule has 2 aromatic rings. The second kappa shape index (κ2) is 6.06. The predicted molar refractivity (Wildman–Crippen MR) is 64.5 cm³/mol. The monoisotopic (exact) mass is 250 g/mol. The average Bonchev–Trinajstić information content (AvgIpc) is 2.38. The Labute approximate surface area is 104 Å². The van der Waals surface area contributed by atoms with Crippen molar-refractivity contribution in [1.29, 1.82) is 0 Å². The van der Waals surface area contributed by atoms with Gasteiger partial charge in [-0.1, -0.05) is 29.8 Å². The molecule has 0 amide bonds. The van der Waals surface area contributed by atoms with Crippen LogP contribution in [0.4, 0.5) is 0 Å². The maximum atomic E-state index is 5.60. The summed E-state index contributed by atoms with van der Waals surface area (Å²) in [6.45, 7) is 0.861. The molecule has 0 spiro atoms. The fraction of sp³-hybridized carbons (Fsp3) is 0.167. The van der Waals surface area contributed by atoms with Gasteiger partial charge < -0.3 is 9.47 Å². The van der Waals surface area contributed by atoms with E-state index in [0.29, 0.717) is 24.2 Å². The number of para-hydroxylation sites is 1. The number of hydrogen-bond donors (Lipinski definition) is 0. The lowest BCUT2D eigenvalue weighted by molar-refractivity contribution is 0.210. The summed E-state index contributed by atoms with van der Waals surface area (Å²) < 4.78 is 10.8. The van der Waals surface area contributed by atoms with Crippen LogP contribution in [0.25, 0.3) is 0 Å². The van der Waals surface area contributed by atoms with Crippen LogP contribution >= 0.6 is 11.6 Å². The van der Waals surface area contributed by atoms with Crippen LogP contribution in [-0.2, 0) is 0 Å². The van der Waals surface area contributed by atoms with Gasteiger partial charge in [-0.2, -0.15) is 0 Å². The van der Waals surface area contributed by atoms with Gasteiger partial charge in [0, 0.05) is 6.07 Å². The fourth-order valence-electron chi connectivity index (χ4n) is 1.20. The number of halogens is 1. The molecule has 0 radical (unpaired) electrons.